The van der Waals surface area contributed by atoms with Gasteiger partial charge >= 0.3 is 0 Å². The van der Waals surface area contributed by atoms with Gasteiger partial charge in [0.2, 0.25) is 0 Å². The molecule has 280 valence electrons. The van der Waals surface area contributed by atoms with Crippen LogP contribution >= 0.6 is 0 Å². The topological polar surface area (TPSA) is 124 Å². The van der Waals surface area contributed by atoms with Crippen molar-refractivity contribution in [1.82, 2.24) is 0 Å². The zero-order chi connectivity index (χ0) is 36.6. The van der Waals surface area contributed by atoms with Crippen molar-refractivity contribution in [2.75, 3.05) is 13.2 Å². The summed E-state index contributed by atoms with van der Waals surface area (Å²) in [6, 6.07) is 0. The van der Waals surface area contributed by atoms with Crippen LogP contribution < -0.4 is 0 Å². The molecule has 10 atom stereocenters. The summed E-state index contributed by atoms with van der Waals surface area (Å²) in [6.45, 7) is 37.6. The maximum absolute atomic E-state index is 10.8. The van der Waals surface area contributed by atoms with E-state index in [0.29, 0.717) is 0 Å². The monoisotopic (exact) mass is 774 g/mol. The maximum atomic E-state index is 10.8. The molecule has 0 aromatic rings. The van der Waals surface area contributed by atoms with E-state index in [4.69, 9.17) is 40.8 Å². The highest BCUT2D eigenvalue weighted by Crippen LogP contribution is 2.39. The number of ether oxygens (including phenoxy) is 3. The maximum Gasteiger partial charge on any atom is 0.187 e. The molecule has 2 rings (SSSR count). The average Bonchev–Trinajstić information content (AvgIpc) is 2.81. The van der Waals surface area contributed by atoms with Crippen LogP contribution in [0, 0.1) is 0 Å². The van der Waals surface area contributed by atoms with Crippen molar-refractivity contribution in [2.45, 2.75) is 179 Å². The summed E-state index contributed by atoms with van der Waals surface area (Å²) in [6.07, 6.45) is -7.03. The molecule has 2 heterocycles. The first-order chi connectivity index (χ1) is 20.9. The quantitative estimate of drug-likeness (QED) is 0.186. The minimum absolute atomic E-state index is 0.285. The van der Waals surface area contributed by atoms with Crippen molar-refractivity contribution < 1.29 is 51.0 Å². The smallest absolute Gasteiger partial charge is 0.187 e. The molecule has 2 aliphatic heterocycles. The SMILES string of the molecule is C[Si](C)(C)O[C@@H]1O[C@H](CO)[C@H](O[C@H]2O[C@H](CO)[C@H](O[Si](C)(C)C)[C@H](O[Si](C)(C)C)[C@H]2O[Si](C)(C)C)[C@H](O[Si](C)(C)C)[C@H]1O[Si](C)(C)C. The van der Waals surface area contributed by atoms with Crippen LogP contribution in [0.1, 0.15) is 0 Å². The van der Waals surface area contributed by atoms with Crippen LogP contribution in [-0.2, 0) is 40.8 Å². The molecule has 2 aliphatic rings. The molecule has 0 spiro atoms. The lowest BCUT2D eigenvalue weighted by Gasteiger charge is -2.53. The molecule has 0 unspecified atom stereocenters. The Kier molecular flexibility index (Phi) is 15.2. The number of aliphatic hydroxyl groups excluding tert-OH is 2. The van der Waals surface area contributed by atoms with Crippen molar-refractivity contribution in [3.05, 3.63) is 0 Å². The molecule has 0 radical (unpaired) electrons. The molecular formula is C30H70O11Si6. The first kappa shape index (κ1) is 44.0. The lowest BCUT2D eigenvalue weighted by atomic mass is 9.97. The first-order valence-corrected chi connectivity index (χ1v) is 37.6. The highest BCUT2D eigenvalue weighted by atomic mass is 28.4. The largest absolute Gasteiger partial charge is 0.409 e. The lowest BCUT2D eigenvalue weighted by Crippen LogP contribution is -2.69. The van der Waals surface area contributed by atoms with E-state index in [1.165, 1.54) is 0 Å². The van der Waals surface area contributed by atoms with Gasteiger partial charge in [-0.15, -0.1) is 0 Å². The fourth-order valence-corrected chi connectivity index (χ4v) is 11.9. The Labute approximate surface area is 292 Å². The number of aliphatic hydroxyl groups is 2. The van der Waals surface area contributed by atoms with Gasteiger partial charge in [0, 0.05) is 0 Å². The van der Waals surface area contributed by atoms with Crippen LogP contribution in [0.2, 0.25) is 118 Å². The van der Waals surface area contributed by atoms with Crippen LogP contribution in [0.15, 0.2) is 0 Å². The Morgan fingerprint density at radius 2 is 0.638 bits per heavy atom. The third-order valence-corrected chi connectivity index (χ3v) is 12.6. The molecular weight excluding hydrogens is 705 g/mol. The van der Waals surface area contributed by atoms with E-state index >= 15 is 0 Å². The zero-order valence-corrected chi connectivity index (χ0v) is 38.8. The highest BCUT2D eigenvalue weighted by Gasteiger charge is 2.56. The minimum Gasteiger partial charge on any atom is -0.409 e. The molecule has 2 fully saturated rings. The molecule has 0 aromatic carbocycles. The van der Waals surface area contributed by atoms with Crippen molar-refractivity contribution in [2.24, 2.45) is 0 Å². The lowest BCUT2D eigenvalue weighted by molar-refractivity contribution is -0.345. The number of rotatable bonds is 16. The minimum atomic E-state index is -2.22. The van der Waals surface area contributed by atoms with Crippen molar-refractivity contribution in [1.29, 1.82) is 0 Å². The van der Waals surface area contributed by atoms with E-state index in [0.717, 1.165) is 0 Å². The van der Waals surface area contributed by atoms with Gasteiger partial charge in [-0.3, -0.25) is 0 Å². The predicted molar refractivity (Wildman–Crippen MR) is 202 cm³/mol. The van der Waals surface area contributed by atoms with Crippen molar-refractivity contribution >= 4 is 49.9 Å². The Hall–Kier alpha value is 0.861. The zero-order valence-electron chi connectivity index (χ0n) is 32.8. The molecule has 2 saturated heterocycles. The summed E-state index contributed by atoms with van der Waals surface area (Å²) < 4.78 is 61.0. The van der Waals surface area contributed by atoms with Gasteiger partial charge in [-0.05, 0) is 118 Å². The second-order valence-electron chi connectivity index (χ2n) is 18.8. The first-order valence-electron chi connectivity index (χ1n) is 17.2. The van der Waals surface area contributed by atoms with Crippen LogP contribution in [-0.4, -0.2) is 135 Å². The van der Waals surface area contributed by atoms with Gasteiger partial charge in [0.15, 0.2) is 62.5 Å². The van der Waals surface area contributed by atoms with E-state index in [1.807, 2.05) is 0 Å². The van der Waals surface area contributed by atoms with Crippen molar-refractivity contribution in [3.8, 4) is 0 Å². The van der Waals surface area contributed by atoms with Gasteiger partial charge in [-0.1, -0.05) is 0 Å². The van der Waals surface area contributed by atoms with E-state index in [2.05, 4.69) is 118 Å². The third-order valence-electron chi connectivity index (χ3n) is 6.75. The summed E-state index contributed by atoms with van der Waals surface area (Å²) in [5.41, 5.74) is 0. The van der Waals surface area contributed by atoms with Gasteiger partial charge < -0.3 is 51.0 Å². The van der Waals surface area contributed by atoms with Gasteiger partial charge in [0.1, 0.15) is 48.8 Å². The molecule has 0 bridgehead atoms. The Morgan fingerprint density at radius 1 is 0.362 bits per heavy atom. The standard InChI is InChI=1S/C30H70O11Si6/c1-42(2,3)36-24-22(20-32)33-29(27(39-45(10,11)12)26(24)38-44(7,8)9)35-23-21(19-31)34-30(41-47(16,17)18)28(40-46(13,14)15)25(23)37-43(4,5)6/h21-32H,19-20H2,1-18H3/t21-,22-,23+,24+,25+,26+,27-,28-,29-,30+/m1/s1. The summed E-state index contributed by atoms with van der Waals surface area (Å²) >= 11 is 0. The van der Waals surface area contributed by atoms with Crippen LogP contribution in [0.5, 0.6) is 0 Å². The van der Waals surface area contributed by atoms with Gasteiger partial charge in [0.05, 0.1) is 13.2 Å². The van der Waals surface area contributed by atoms with Crippen molar-refractivity contribution in [3.63, 3.8) is 0 Å². The second-order valence-corrected chi connectivity index (χ2v) is 45.5. The number of hydrogen-bond acceptors (Lipinski definition) is 11. The Bertz CT molecular complexity index is 968. The molecule has 0 saturated carbocycles. The molecule has 11 nitrogen and oxygen atoms in total. The summed E-state index contributed by atoms with van der Waals surface area (Å²) in [4.78, 5) is 0. The molecule has 0 amide bonds. The van der Waals surface area contributed by atoms with Crippen LogP contribution in [0.4, 0.5) is 0 Å². The van der Waals surface area contributed by atoms with E-state index in [9.17, 15) is 10.2 Å². The van der Waals surface area contributed by atoms with Gasteiger partial charge in [-0.25, -0.2) is 0 Å². The van der Waals surface area contributed by atoms with Gasteiger partial charge in [-0.2, -0.15) is 0 Å². The van der Waals surface area contributed by atoms with E-state index in [1.54, 1.807) is 0 Å². The van der Waals surface area contributed by atoms with Crippen LogP contribution in [0.25, 0.3) is 0 Å². The normalized spacial score (nSPS) is 33.7. The Morgan fingerprint density at radius 3 is 1.00 bits per heavy atom. The fraction of sp³-hybridized carbons (Fsp3) is 1.00. The molecule has 47 heavy (non-hydrogen) atoms. The fourth-order valence-electron chi connectivity index (χ4n) is 5.63. The molecule has 0 aromatic heterocycles. The average molecular weight is 775 g/mol. The summed E-state index contributed by atoms with van der Waals surface area (Å²) in [7, 11) is -13.0. The van der Waals surface area contributed by atoms with Gasteiger partial charge in [0.25, 0.3) is 0 Å². The molecule has 0 aliphatic carbocycles. The van der Waals surface area contributed by atoms with Crippen LogP contribution in [0.3, 0.4) is 0 Å². The third kappa shape index (κ3) is 15.2. The summed E-state index contributed by atoms with van der Waals surface area (Å²) in [5.74, 6) is 0. The Balaban J connectivity index is 2.74. The predicted octanol–water partition coefficient (Wildman–Crippen LogP) is 5.76. The number of hydrogen-bond donors (Lipinski definition) is 2. The van der Waals surface area contributed by atoms with E-state index in [-0.39, 0.29) is 13.2 Å². The highest BCUT2D eigenvalue weighted by molar-refractivity contribution is 6.71. The summed E-state index contributed by atoms with van der Waals surface area (Å²) in [5, 5.41) is 21.5. The second kappa shape index (κ2) is 16.3. The molecule has 2 N–H and O–H groups in total. The molecule has 17 heteroatoms. The van der Waals surface area contributed by atoms with E-state index < -0.39 is 111 Å².